The summed E-state index contributed by atoms with van der Waals surface area (Å²) in [6.45, 7) is 1.69. The maximum absolute atomic E-state index is 13.6. The smallest absolute Gasteiger partial charge is 0.255 e. The van der Waals surface area contributed by atoms with E-state index in [1.54, 1.807) is 33.3 Å². The van der Waals surface area contributed by atoms with Crippen LogP contribution < -0.4 is 24.5 Å². The van der Waals surface area contributed by atoms with Gasteiger partial charge < -0.3 is 29.0 Å². The summed E-state index contributed by atoms with van der Waals surface area (Å²) in [5.74, 6) is 1.59. The summed E-state index contributed by atoms with van der Waals surface area (Å²) in [5, 5.41) is 13.0. The zero-order valence-electron chi connectivity index (χ0n) is 20.9. The van der Waals surface area contributed by atoms with Crippen molar-refractivity contribution in [2.24, 2.45) is 0 Å². The third kappa shape index (κ3) is 2.93. The predicted octanol–water partition coefficient (Wildman–Crippen LogP) is 3.77. The van der Waals surface area contributed by atoms with Crippen molar-refractivity contribution in [2.45, 2.75) is 24.0 Å². The summed E-state index contributed by atoms with van der Waals surface area (Å²) in [6, 6.07) is 20.3. The van der Waals surface area contributed by atoms with Gasteiger partial charge in [-0.1, -0.05) is 42.5 Å². The Balaban J connectivity index is 1.79. The second-order valence-electron chi connectivity index (χ2n) is 9.24. The molecule has 0 bridgehead atoms. The third-order valence-electron chi connectivity index (χ3n) is 7.43. The Morgan fingerprint density at radius 2 is 1.65 bits per heavy atom. The van der Waals surface area contributed by atoms with Crippen LogP contribution in [-0.4, -0.2) is 36.4 Å². The molecule has 8 nitrogen and oxygen atoms in total. The van der Waals surface area contributed by atoms with Gasteiger partial charge >= 0.3 is 0 Å². The van der Waals surface area contributed by atoms with Crippen LogP contribution in [0.5, 0.6) is 23.0 Å². The molecule has 0 radical (unpaired) electrons. The number of fused-ring (bicyclic) bond motifs is 5. The first-order chi connectivity index (χ1) is 17.9. The minimum Gasteiger partial charge on any atom is -0.497 e. The number of hydrogen-bond donors (Lipinski definition) is 2. The van der Waals surface area contributed by atoms with Gasteiger partial charge in [-0.2, -0.15) is 0 Å². The van der Waals surface area contributed by atoms with Crippen molar-refractivity contribution in [1.29, 1.82) is 0 Å². The zero-order valence-corrected chi connectivity index (χ0v) is 20.9. The molecule has 0 unspecified atom stereocenters. The lowest BCUT2D eigenvalue weighted by Crippen LogP contribution is -2.49. The average Bonchev–Trinajstić information content (AvgIpc) is 3.31. The number of hydrogen-bond acceptors (Lipinski definition) is 7. The van der Waals surface area contributed by atoms with Crippen LogP contribution in [0, 0.1) is 6.92 Å². The van der Waals surface area contributed by atoms with E-state index in [1.807, 2.05) is 54.6 Å². The van der Waals surface area contributed by atoms with Crippen LogP contribution >= 0.6 is 0 Å². The number of rotatable bonds is 5. The van der Waals surface area contributed by atoms with E-state index in [2.05, 4.69) is 4.98 Å². The highest BCUT2D eigenvalue weighted by atomic mass is 16.5. The average molecular weight is 499 g/mol. The fourth-order valence-corrected chi connectivity index (χ4v) is 5.94. The molecule has 1 aliphatic carbocycles. The van der Waals surface area contributed by atoms with Gasteiger partial charge in [0.2, 0.25) is 0 Å². The number of methoxy groups -OCH3 is 3. The molecule has 0 saturated carbocycles. The van der Waals surface area contributed by atoms with E-state index < -0.39 is 17.1 Å². The van der Waals surface area contributed by atoms with Crippen molar-refractivity contribution in [2.75, 3.05) is 21.3 Å². The number of aliphatic hydroxyl groups is 1. The molecule has 6 rings (SSSR count). The fraction of sp³-hybridized carbons (Fsp3) is 0.241. The molecule has 37 heavy (non-hydrogen) atoms. The molecule has 0 amide bonds. The van der Waals surface area contributed by atoms with Crippen molar-refractivity contribution in [3.05, 3.63) is 111 Å². The molecule has 2 heterocycles. The normalized spacial score (nSPS) is 23.0. The number of nitrogens with zero attached hydrogens (tertiary/aromatic N) is 1. The van der Waals surface area contributed by atoms with Gasteiger partial charge in [0.05, 0.1) is 44.1 Å². The topological polar surface area (TPSA) is 103 Å². The second kappa shape index (κ2) is 8.11. The summed E-state index contributed by atoms with van der Waals surface area (Å²) in [4.78, 5) is 21.2. The van der Waals surface area contributed by atoms with E-state index in [-0.39, 0.29) is 11.3 Å². The Labute approximate surface area is 213 Å². The minimum atomic E-state index is -1.87. The van der Waals surface area contributed by atoms with Crippen molar-refractivity contribution in [3.63, 3.8) is 0 Å². The minimum absolute atomic E-state index is 0.237. The van der Waals surface area contributed by atoms with E-state index in [0.717, 1.165) is 5.56 Å². The molecule has 188 valence electrons. The Kier molecular flexibility index (Phi) is 5.07. The van der Waals surface area contributed by atoms with Crippen LogP contribution in [0.25, 0.3) is 0 Å². The summed E-state index contributed by atoms with van der Waals surface area (Å²) in [6.07, 6.45) is 0. The van der Waals surface area contributed by atoms with Crippen LogP contribution in [0.1, 0.15) is 39.7 Å². The van der Waals surface area contributed by atoms with E-state index in [1.165, 1.54) is 7.11 Å². The first kappa shape index (κ1) is 23.1. The van der Waals surface area contributed by atoms with Crippen molar-refractivity contribution in [3.8, 4) is 23.0 Å². The molecule has 1 aromatic heterocycles. The van der Waals surface area contributed by atoms with Crippen molar-refractivity contribution < 1.29 is 24.1 Å². The maximum Gasteiger partial charge on any atom is 0.255 e. The van der Waals surface area contributed by atoms with Gasteiger partial charge in [-0.05, 0) is 24.6 Å². The molecule has 8 heteroatoms. The molecule has 1 aliphatic heterocycles. The Morgan fingerprint density at radius 3 is 2.30 bits per heavy atom. The summed E-state index contributed by atoms with van der Waals surface area (Å²) >= 11 is 0. The van der Waals surface area contributed by atoms with Gasteiger partial charge in [0.1, 0.15) is 28.8 Å². The third-order valence-corrected chi connectivity index (χ3v) is 7.43. The van der Waals surface area contributed by atoms with Crippen LogP contribution in [0.15, 0.2) is 71.5 Å². The molecular formula is C29H26N2O6. The van der Waals surface area contributed by atoms with Gasteiger partial charge in [0.15, 0.2) is 11.2 Å². The van der Waals surface area contributed by atoms with Crippen LogP contribution in [0.3, 0.4) is 0 Å². The molecule has 2 aliphatic rings. The molecule has 4 aromatic rings. The van der Waals surface area contributed by atoms with Gasteiger partial charge in [0, 0.05) is 17.7 Å². The van der Waals surface area contributed by atoms with Gasteiger partial charge in [-0.25, -0.2) is 4.98 Å². The molecule has 0 spiro atoms. The lowest BCUT2D eigenvalue weighted by Gasteiger charge is -2.40. The molecule has 3 aromatic carbocycles. The monoisotopic (exact) mass is 498 g/mol. The van der Waals surface area contributed by atoms with Crippen molar-refractivity contribution >= 4 is 0 Å². The molecule has 0 fully saturated rings. The first-order valence-electron chi connectivity index (χ1n) is 11.9. The maximum atomic E-state index is 13.6. The first-order valence-corrected chi connectivity index (χ1v) is 11.9. The summed E-state index contributed by atoms with van der Waals surface area (Å²) < 4.78 is 23.5. The molecular weight excluding hydrogens is 472 g/mol. The number of aryl methyl sites for hydroxylation is 1. The SMILES string of the molecule is COc1ccc([C@@]23Oc4cc(OC)cc(OC)c4[C@]2(O)c2nc(C)[nH]c(=O)c2[C@H]3c2ccccc2)cc1. The Hall–Kier alpha value is -4.30. The van der Waals surface area contributed by atoms with Gasteiger partial charge in [-0.15, -0.1) is 0 Å². The molecule has 0 saturated heterocycles. The predicted molar refractivity (Wildman–Crippen MR) is 136 cm³/mol. The highest BCUT2D eigenvalue weighted by molar-refractivity contribution is 5.68. The largest absolute Gasteiger partial charge is 0.497 e. The number of H-pyrrole nitrogens is 1. The fourth-order valence-electron chi connectivity index (χ4n) is 5.94. The Morgan fingerprint density at radius 1 is 0.946 bits per heavy atom. The number of aromatic nitrogens is 2. The van der Waals surface area contributed by atoms with E-state index in [0.29, 0.717) is 45.5 Å². The van der Waals surface area contributed by atoms with Crippen LogP contribution in [0.4, 0.5) is 0 Å². The highest BCUT2D eigenvalue weighted by Gasteiger charge is 2.73. The number of aromatic amines is 1. The number of ether oxygens (including phenoxy) is 4. The molecule has 2 N–H and O–H groups in total. The van der Waals surface area contributed by atoms with E-state index >= 15 is 0 Å². The van der Waals surface area contributed by atoms with Crippen LogP contribution in [-0.2, 0) is 11.2 Å². The Bertz CT molecular complexity index is 1570. The highest BCUT2D eigenvalue weighted by Crippen LogP contribution is 2.69. The molecule has 3 atom stereocenters. The van der Waals surface area contributed by atoms with Crippen LogP contribution in [0.2, 0.25) is 0 Å². The van der Waals surface area contributed by atoms with Gasteiger partial charge in [0.25, 0.3) is 5.56 Å². The van der Waals surface area contributed by atoms with E-state index in [4.69, 9.17) is 23.9 Å². The van der Waals surface area contributed by atoms with Crippen molar-refractivity contribution in [1.82, 2.24) is 9.97 Å². The number of nitrogens with one attached hydrogen (secondary N) is 1. The lowest BCUT2D eigenvalue weighted by atomic mass is 9.70. The zero-order chi connectivity index (χ0) is 25.9. The second-order valence-corrected chi connectivity index (χ2v) is 9.24. The summed E-state index contributed by atoms with van der Waals surface area (Å²) in [7, 11) is 4.66. The standard InChI is InChI=1S/C29H26N2O6/c1-16-30-26-23(27(32)31-16)24(17-8-6-5-7-9-17)29(18-10-12-19(34-2)13-11-18)28(26,33)25-21(36-4)14-20(35-3)15-22(25)37-29/h5-15,24,33H,1-4H3,(H,30,31,32)/t24-,28+,29+/m1/s1. The quantitative estimate of drug-likeness (QED) is 0.432. The summed E-state index contributed by atoms with van der Waals surface area (Å²) in [5.41, 5.74) is -1.27. The van der Waals surface area contributed by atoms with Gasteiger partial charge in [-0.3, -0.25) is 4.79 Å². The van der Waals surface area contributed by atoms with E-state index in [9.17, 15) is 9.90 Å². The lowest BCUT2D eigenvalue weighted by molar-refractivity contribution is -0.0910. The number of benzene rings is 3.